The van der Waals surface area contributed by atoms with Crippen LogP contribution in [0.5, 0.6) is 0 Å². The topological polar surface area (TPSA) is 22.0 Å². The number of carbonyl (C=O) groups excluding carboxylic acids is 1. The van der Waals surface area contributed by atoms with Crippen molar-refractivity contribution in [3.05, 3.63) is 69.8 Å². The average Bonchev–Trinajstić information content (AvgIpc) is 2.89. The van der Waals surface area contributed by atoms with Crippen molar-refractivity contribution in [1.29, 1.82) is 0 Å². The molecule has 0 spiro atoms. The number of halogens is 1. The molecule has 0 unspecified atom stereocenters. The summed E-state index contributed by atoms with van der Waals surface area (Å²) in [6.45, 7) is 0. The molecule has 0 fully saturated rings. The third kappa shape index (κ3) is 2.12. The highest BCUT2D eigenvalue weighted by molar-refractivity contribution is 9.10. The van der Waals surface area contributed by atoms with E-state index in [0.717, 1.165) is 34.8 Å². The van der Waals surface area contributed by atoms with E-state index in [0.29, 0.717) is 0 Å². The highest BCUT2D eigenvalue weighted by atomic mass is 79.9. The number of fused-ring (bicyclic) bond motifs is 3. The van der Waals surface area contributed by atoms with Crippen LogP contribution in [0.2, 0.25) is 0 Å². The largest absolute Gasteiger partial charge is 0.280 e. The number of carbonyl (C=O) groups is 1. The van der Waals surface area contributed by atoms with Crippen LogP contribution in [0.15, 0.2) is 53.0 Å². The summed E-state index contributed by atoms with van der Waals surface area (Å²) < 4.78 is 2.87. The number of nitrogens with zero attached hydrogens (tertiary/aromatic N) is 1. The number of aromatic nitrogens is 1. The van der Waals surface area contributed by atoms with E-state index < -0.39 is 0 Å². The summed E-state index contributed by atoms with van der Waals surface area (Å²) in [6, 6.07) is 15.9. The minimum Gasteiger partial charge on any atom is -0.280 e. The Morgan fingerprint density at radius 1 is 1.00 bits per heavy atom. The lowest BCUT2D eigenvalue weighted by atomic mass is 9.95. The molecule has 3 aromatic rings. The summed E-state index contributed by atoms with van der Waals surface area (Å²) in [5, 5.41) is 1.24. The first-order chi connectivity index (χ1) is 10.8. The minimum atomic E-state index is 0.0700. The smallest absolute Gasteiger partial charge is 0.262 e. The number of hydrogen-bond donors (Lipinski definition) is 0. The molecule has 0 aliphatic heterocycles. The number of benzene rings is 2. The standard InChI is InChI=1S/C19H16BrNO/c20-14-7-5-6-13(12-14)19(22)21-17-10-3-1-8-15(17)16-9-2-4-11-18(16)21/h1,3,5-8,10,12H,2,4,9,11H2. The second kappa shape index (κ2) is 5.40. The Hall–Kier alpha value is -1.87. The van der Waals surface area contributed by atoms with Gasteiger partial charge < -0.3 is 0 Å². The molecule has 0 radical (unpaired) electrons. The molecule has 0 saturated heterocycles. The van der Waals surface area contributed by atoms with Crippen LogP contribution in [-0.4, -0.2) is 10.5 Å². The zero-order chi connectivity index (χ0) is 15.1. The van der Waals surface area contributed by atoms with Crippen molar-refractivity contribution in [2.75, 3.05) is 0 Å². The monoisotopic (exact) mass is 353 g/mol. The van der Waals surface area contributed by atoms with Gasteiger partial charge in [-0.3, -0.25) is 9.36 Å². The van der Waals surface area contributed by atoms with E-state index in [-0.39, 0.29) is 5.91 Å². The molecule has 1 aliphatic carbocycles. The lowest BCUT2D eigenvalue weighted by Gasteiger charge is -2.15. The van der Waals surface area contributed by atoms with E-state index >= 15 is 0 Å². The molecule has 22 heavy (non-hydrogen) atoms. The second-order valence-corrected chi connectivity index (χ2v) is 6.72. The Morgan fingerprint density at radius 3 is 2.68 bits per heavy atom. The molecule has 0 N–H and O–H groups in total. The summed E-state index contributed by atoms with van der Waals surface area (Å²) in [4.78, 5) is 13.1. The maximum atomic E-state index is 13.1. The predicted octanol–water partition coefficient (Wildman–Crippen LogP) is 4.97. The maximum absolute atomic E-state index is 13.1. The van der Waals surface area contributed by atoms with Crippen LogP contribution in [0.1, 0.15) is 34.5 Å². The van der Waals surface area contributed by atoms with Gasteiger partial charge in [0.1, 0.15) is 0 Å². The quantitative estimate of drug-likeness (QED) is 0.605. The maximum Gasteiger partial charge on any atom is 0.262 e. The highest BCUT2D eigenvalue weighted by Gasteiger charge is 2.23. The molecule has 0 bridgehead atoms. The Kier molecular flexibility index (Phi) is 3.38. The van der Waals surface area contributed by atoms with E-state index in [1.54, 1.807) is 0 Å². The van der Waals surface area contributed by atoms with Crippen LogP contribution in [0.3, 0.4) is 0 Å². The summed E-state index contributed by atoms with van der Waals surface area (Å²) in [6.07, 6.45) is 4.44. The van der Waals surface area contributed by atoms with Gasteiger partial charge >= 0.3 is 0 Å². The molecule has 1 aliphatic rings. The van der Waals surface area contributed by atoms with E-state index in [2.05, 4.69) is 34.1 Å². The Labute approximate surface area is 137 Å². The predicted molar refractivity (Wildman–Crippen MR) is 92.5 cm³/mol. The van der Waals surface area contributed by atoms with Gasteiger partial charge in [-0.05, 0) is 55.5 Å². The van der Waals surface area contributed by atoms with Gasteiger partial charge in [0.2, 0.25) is 0 Å². The normalized spacial score (nSPS) is 14.0. The Bertz CT molecular complexity index is 878. The fraction of sp³-hybridized carbons (Fsp3) is 0.211. The third-order valence-corrected chi connectivity index (χ3v) is 4.95. The minimum absolute atomic E-state index is 0.0700. The second-order valence-electron chi connectivity index (χ2n) is 5.80. The fourth-order valence-corrected chi connectivity index (χ4v) is 3.88. The van der Waals surface area contributed by atoms with Gasteiger partial charge in [-0.25, -0.2) is 0 Å². The Morgan fingerprint density at radius 2 is 1.82 bits per heavy atom. The molecule has 3 heteroatoms. The van der Waals surface area contributed by atoms with Crippen molar-refractivity contribution in [3.63, 3.8) is 0 Å². The number of aryl methyl sites for hydroxylation is 1. The molecule has 0 atom stereocenters. The summed E-state index contributed by atoms with van der Waals surface area (Å²) in [5.74, 6) is 0.0700. The first kappa shape index (κ1) is 13.8. The zero-order valence-corrected chi connectivity index (χ0v) is 13.8. The molecular weight excluding hydrogens is 338 g/mol. The fourth-order valence-electron chi connectivity index (χ4n) is 3.48. The average molecular weight is 354 g/mol. The van der Waals surface area contributed by atoms with Crippen molar-refractivity contribution in [2.24, 2.45) is 0 Å². The molecule has 2 aromatic carbocycles. The molecule has 0 amide bonds. The van der Waals surface area contributed by atoms with Crippen LogP contribution >= 0.6 is 15.9 Å². The number of para-hydroxylation sites is 1. The summed E-state index contributed by atoms with van der Waals surface area (Å²) in [7, 11) is 0. The van der Waals surface area contributed by atoms with Gasteiger partial charge in [0, 0.05) is 21.1 Å². The molecule has 0 saturated carbocycles. The first-order valence-electron chi connectivity index (χ1n) is 7.67. The van der Waals surface area contributed by atoms with Gasteiger partial charge in [0.15, 0.2) is 0 Å². The van der Waals surface area contributed by atoms with Crippen molar-refractivity contribution in [3.8, 4) is 0 Å². The van der Waals surface area contributed by atoms with Crippen LogP contribution < -0.4 is 0 Å². The molecule has 4 rings (SSSR count). The summed E-state index contributed by atoms with van der Waals surface area (Å²) in [5.41, 5.74) is 4.34. The van der Waals surface area contributed by atoms with Gasteiger partial charge in [0.25, 0.3) is 5.91 Å². The third-order valence-electron chi connectivity index (χ3n) is 4.45. The van der Waals surface area contributed by atoms with Gasteiger partial charge in [0.05, 0.1) is 5.52 Å². The van der Waals surface area contributed by atoms with Crippen molar-refractivity contribution in [1.82, 2.24) is 4.57 Å². The lowest BCUT2D eigenvalue weighted by Crippen LogP contribution is -2.17. The van der Waals surface area contributed by atoms with E-state index in [9.17, 15) is 4.79 Å². The summed E-state index contributed by atoms with van der Waals surface area (Å²) >= 11 is 3.46. The van der Waals surface area contributed by atoms with E-state index in [1.807, 2.05) is 34.9 Å². The lowest BCUT2D eigenvalue weighted by molar-refractivity contribution is 0.0961. The van der Waals surface area contributed by atoms with Crippen LogP contribution in [0.25, 0.3) is 10.9 Å². The van der Waals surface area contributed by atoms with Crippen molar-refractivity contribution < 1.29 is 4.79 Å². The molecule has 110 valence electrons. The molecule has 1 aromatic heterocycles. The molecule has 2 nitrogen and oxygen atoms in total. The van der Waals surface area contributed by atoms with Crippen LogP contribution in [0.4, 0.5) is 0 Å². The van der Waals surface area contributed by atoms with Crippen LogP contribution in [-0.2, 0) is 12.8 Å². The molecular formula is C19H16BrNO. The van der Waals surface area contributed by atoms with Gasteiger partial charge in [-0.1, -0.05) is 40.2 Å². The van der Waals surface area contributed by atoms with Gasteiger partial charge in [-0.2, -0.15) is 0 Å². The highest BCUT2D eigenvalue weighted by Crippen LogP contribution is 2.32. The number of hydrogen-bond acceptors (Lipinski definition) is 1. The zero-order valence-electron chi connectivity index (χ0n) is 12.2. The van der Waals surface area contributed by atoms with Crippen molar-refractivity contribution >= 4 is 32.7 Å². The van der Waals surface area contributed by atoms with Crippen LogP contribution in [0, 0.1) is 0 Å². The number of rotatable bonds is 1. The Balaban J connectivity index is 1.96. The van der Waals surface area contributed by atoms with Crippen molar-refractivity contribution in [2.45, 2.75) is 25.7 Å². The molecule has 1 heterocycles. The van der Waals surface area contributed by atoms with E-state index in [4.69, 9.17) is 0 Å². The van der Waals surface area contributed by atoms with Gasteiger partial charge in [-0.15, -0.1) is 0 Å². The first-order valence-corrected chi connectivity index (χ1v) is 8.46. The SMILES string of the molecule is O=C(c1cccc(Br)c1)n1c2c(c3ccccc31)CCCC2. The van der Waals surface area contributed by atoms with E-state index in [1.165, 1.54) is 23.1 Å².